The number of anilines is 1. The number of ether oxygens (including phenoxy) is 1. The molecule has 1 N–H and O–H groups in total. The van der Waals surface area contributed by atoms with E-state index in [9.17, 15) is 4.39 Å². The number of hydrogen-bond donors (Lipinski definition) is 1. The first-order chi connectivity index (χ1) is 10.0. The number of aryl methyl sites for hydroxylation is 1. The Morgan fingerprint density at radius 1 is 1.24 bits per heavy atom. The zero-order chi connectivity index (χ0) is 15.4. The number of nitrogens with one attached hydrogen (secondary N) is 1. The molecule has 0 aliphatic carbocycles. The SMILES string of the molecule is COc1ccc(C)cc1C(C)Nc1ccc(C#N)cc1F. The Balaban J connectivity index is 2.28. The summed E-state index contributed by atoms with van der Waals surface area (Å²) >= 11 is 0. The van der Waals surface area contributed by atoms with Gasteiger partial charge in [-0.1, -0.05) is 17.7 Å². The molecule has 1 atom stereocenters. The summed E-state index contributed by atoms with van der Waals surface area (Å²) in [6.07, 6.45) is 0. The average Bonchev–Trinajstić information content (AvgIpc) is 2.49. The Kier molecular flexibility index (Phi) is 4.44. The third kappa shape index (κ3) is 3.32. The largest absolute Gasteiger partial charge is 0.496 e. The van der Waals surface area contributed by atoms with Gasteiger partial charge in [0.15, 0.2) is 0 Å². The zero-order valence-electron chi connectivity index (χ0n) is 12.3. The summed E-state index contributed by atoms with van der Waals surface area (Å²) in [4.78, 5) is 0. The Bertz CT molecular complexity index is 692. The van der Waals surface area contributed by atoms with Gasteiger partial charge >= 0.3 is 0 Å². The van der Waals surface area contributed by atoms with Crippen LogP contribution in [0.2, 0.25) is 0 Å². The molecule has 0 fully saturated rings. The lowest BCUT2D eigenvalue weighted by molar-refractivity contribution is 0.407. The van der Waals surface area contributed by atoms with Gasteiger partial charge in [-0.25, -0.2) is 4.39 Å². The monoisotopic (exact) mass is 284 g/mol. The van der Waals surface area contributed by atoms with E-state index in [-0.39, 0.29) is 6.04 Å². The van der Waals surface area contributed by atoms with Crippen LogP contribution < -0.4 is 10.1 Å². The predicted molar refractivity (Wildman–Crippen MR) is 80.9 cm³/mol. The normalized spacial score (nSPS) is 11.6. The molecule has 108 valence electrons. The molecular weight excluding hydrogens is 267 g/mol. The number of hydrogen-bond acceptors (Lipinski definition) is 3. The highest BCUT2D eigenvalue weighted by Gasteiger charge is 2.13. The fourth-order valence-electron chi connectivity index (χ4n) is 2.20. The molecular formula is C17H17FN2O. The van der Waals surface area contributed by atoms with Crippen molar-refractivity contribution in [1.82, 2.24) is 0 Å². The Morgan fingerprint density at radius 3 is 2.62 bits per heavy atom. The molecule has 0 bridgehead atoms. The van der Waals surface area contributed by atoms with Gasteiger partial charge in [-0.15, -0.1) is 0 Å². The van der Waals surface area contributed by atoms with Crippen molar-refractivity contribution in [1.29, 1.82) is 5.26 Å². The van der Waals surface area contributed by atoms with E-state index < -0.39 is 5.82 Å². The van der Waals surface area contributed by atoms with E-state index in [1.165, 1.54) is 6.07 Å². The predicted octanol–water partition coefficient (Wildman–Crippen LogP) is 4.19. The first kappa shape index (κ1) is 14.9. The summed E-state index contributed by atoms with van der Waals surface area (Å²) in [5, 5.41) is 11.9. The molecule has 21 heavy (non-hydrogen) atoms. The van der Waals surface area contributed by atoms with Crippen LogP contribution in [0, 0.1) is 24.1 Å². The second-order valence-corrected chi connectivity index (χ2v) is 4.92. The van der Waals surface area contributed by atoms with E-state index in [0.29, 0.717) is 11.3 Å². The van der Waals surface area contributed by atoms with Gasteiger partial charge in [0.1, 0.15) is 11.6 Å². The Morgan fingerprint density at radius 2 is 2.00 bits per heavy atom. The van der Waals surface area contributed by atoms with Gasteiger partial charge in [0.05, 0.1) is 30.5 Å². The van der Waals surface area contributed by atoms with Crippen LogP contribution in [-0.4, -0.2) is 7.11 Å². The van der Waals surface area contributed by atoms with Crippen LogP contribution in [0.15, 0.2) is 36.4 Å². The summed E-state index contributed by atoms with van der Waals surface area (Å²) in [6, 6.07) is 12.1. The number of rotatable bonds is 4. The van der Waals surface area contributed by atoms with Crippen LogP contribution in [-0.2, 0) is 0 Å². The number of halogens is 1. The third-order valence-electron chi connectivity index (χ3n) is 3.32. The molecule has 0 amide bonds. The van der Waals surface area contributed by atoms with Gasteiger partial charge in [0, 0.05) is 5.56 Å². The summed E-state index contributed by atoms with van der Waals surface area (Å²) in [6.45, 7) is 3.94. The van der Waals surface area contributed by atoms with Crippen LogP contribution in [0.3, 0.4) is 0 Å². The van der Waals surface area contributed by atoms with Crippen molar-refractivity contribution in [3.63, 3.8) is 0 Å². The number of methoxy groups -OCH3 is 1. The van der Waals surface area contributed by atoms with Gasteiger partial charge in [0.25, 0.3) is 0 Å². The lowest BCUT2D eigenvalue weighted by Crippen LogP contribution is -2.09. The van der Waals surface area contributed by atoms with E-state index in [2.05, 4.69) is 5.32 Å². The second kappa shape index (κ2) is 6.27. The van der Waals surface area contributed by atoms with Gasteiger partial charge < -0.3 is 10.1 Å². The molecule has 2 aromatic rings. The van der Waals surface area contributed by atoms with E-state index in [4.69, 9.17) is 10.00 Å². The van der Waals surface area contributed by atoms with Gasteiger partial charge in [-0.05, 0) is 38.1 Å². The highest BCUT2D eigenvalue weighted by molar-refractivity contribution is 5.51. The molecule has 0 saturated carbocycles. The van der Waals surface area contributed by atoms with Crippen molar-refractivity contribution >= 4 is 5.69 Å². The lowest BCUT2D eigenvalue weighted by Gasteiger charge is -2.19. The van der Waals surface area contributed by atoms with Crippen LogP contribution in [0.25, 0.3) is 0 Å². The smallest absolute Gasteiger partial charge is 0.147 e. The van der Waals surface area contributed by atoms with Crippen molar-refractivity contribution < 1.29 is 9.13 Å². The highest BCUT2D eigenvalue weighted by Crippen LogP contribution is 2.29. The van der Waals surface area contributed by atoms with E-state index in [1.807, 2.05) is 38.1 Å². The quantitative estimate of drug-likeness (QED) is 0.915. The van der Waals surface area contributed by atoms with Crippen molar-refractivity contribution in [2.45, 2.75) is 19.9 Å². The fraction of sp³-hybridized carbons (Fsp3) is 0.235. The molecule has 4 heteroatoms. The molecule has 3 nitrogen and oxygen atoms in total. The van der Waals surface area contributed by atoms with E-state index >= 15 is 0 Å². The summed E-state index contributed by atoms with van der Waals surface area (Å²) in [5.74, 6) is 0.321. The maximum Gasteiger partial charge on any atom is 0.147 e. The van der Waals surface area contributed by atoms with Crippen LogP contribution >= 0.6 is 0 Å². The first-order valence-electron chi connectivity index (χ1n) is 6.66. The van der Waals surface area contributed by atoms with Crippen molar-refractivity contribution in [3.05, 3.63) is 58.9 Å². The molecule has 0 saturated heterocycles. The second-order valence-electron chi connectivity index (χ2n) is 4.92. The van der Waals surface area contributed by atoms with Crippen molar-refractivity contribution in [3.8, 4) is 11.8 Å². The minimum atomic E-state index is -0.437. The zero-order valence-corrected chi connectivity index (χ0v) is 12.3. The topological polar surface area (TPSA) is 45.0 Å². The van der Waals surface area contributed by atoms with Crippen LogP contribution in [0.1, 0.15) is 29.7 Å². The molecule has 0 aliphatic heterocycles. The van der Waals surface area contributed by atoms with Gasteiger partial charge in [0.2, 0.25) is 0 Å². The minimum absolute atomic E-state index is 0.123. The Hall–Kier alpha value is -2.54. The molecule has 0 aliphatic rings. The molecule has 0 radical (unpaired) electrons. The summed E-state index contributed by atoms with van der Waals surface area (Å²) in [7, 11) is 1.61. The Labute approximate surface area is 124 Å². The average molecular weight is 284 g/mol. The van der Waals surface area contributed by atoms with Crippen LogP contribution in [0.5, 0.6) is 5.75 Å². The van der Waals surface area contributed by atoms with Crippen LogP contribution in [0.4, 0.5) is 10.1 Å². The summed E-state index contributed by atoms with van der Waals surface area (Å²) < 4.78 is 19.3. The molecule has 2 aromatic carbocycles. The number of nitrogens with zero attached hydrogens (tertiary/aromatic N) is 1. The molecule has 0 heterocycles. The number of benzene rings is 2. The summed E-state index contributed by atoms with van der Waals surface area (Å²) in [5.41, 5.74) is 2.74. The maximum atomic E-state index is 13.9. The number of nitriles is 1. The molecule has 0 spiro atoms. The first-order valence-corrected chi connectivity index (χ1v) is 6.66. The van der Waals surface area contributed by atoms with Crippen molar-refractivity contribution in [2.75, 3.05) is 12.4 Å². The van der Waals surface area contributed by atoms with Gasteiger partial charge in [-0.3, -0.25) is 0 Å². The minimum Gasteiger partial charge on any atom is -0.496 e. The molecule has 0 aromatic heterocycles. The van der Waals surface area contributed by atoms with Crippen molar-refractivity contribution in [2.24, 2.45) is 0 Å². The fourth-order valence-corrected chi connectivity index (χ4v) is 2.20. The standard InChI is InChI=1S/C17H17FN2O/c1-11-4-7-17(21-3)14(8-11)12(2)20-16-6-5-13(10-19)9-15(16)18/h4-9,12,20H,1-3H3. The van der Waals surface area contributed by atoms with E-state index in [0.717, 1.165) is 16.9 Å². The van der Waals surface area contributed by atoms with E-state index in [1.54, 1.807) is 19.2 Å². The molecule has 1 unspecified atom stereocenters. The third-order valence-corrected chi connectivity index (χ3v) is 3.32. The lowest BCUT2D eigenvalue weighted by atomic mass is 10.0. The maximum absolute atomic E-state index is 13.9. The molecule has 2 rings (SSSR count). The highest BCUT2D eigenvalue weighted by atomic mass is 19.1. The van der Waals surface area contributed by atoms with Gasteiger partial charge in [-0.2, -0.15) is 5.26 Å².